The number of piperidine rings is 1. The molecule has 0 radical (unpaired) electrons. The number of rotatable bonds is 3. The van der Waals surface area contributed by atoms with Gasteiger partial charge in [0.05, 0.1) is 12.7 Å². The predicted molar refractivity (Wildman–Crippen MR) is 77.1 cm³/mol. The van der Waals surface area contributed by atoms with Gasteiger partial charge in [-0.1, -0.05) is 18.2 Å². The van der Waals surface area contributed by atoms with Crippen LogP contribution in [0.25, 0.3) is 0 Å². The lowest BCUT2D eigenvalue weighted by atomic mass is 9.97. The molecular weight excluding hydrogens is 255 g/mol. The molecule has 4 heteroatoms. The van der Waals surface area contributed by atoms with Crippen LogP contribution in [0.15, 0.2) is 24.3 Å². The SMILES string of the molecule is Fc1ccccc1C1CN(CC2CCNCC2)CCO1. The Morgan fingerprint density at radius 3 is 2.85 bits per heavy atom. The van der Waals surface area contributed by atoms with Crippen molar-refractivity contribution in [2.24, 2.45) is 5.92 Å². The van der Waals surface area contributed by atoms with E-state index in [2.05, 4.69) is 10.2 Å². The quantitative estimate of drug-likeness (QED) is 0.917. The zero-order valence-electron chi connectivity index (χ0n) is 11.9. The Hall–Kier alpha value is -0.970. The van der Waals surface area contributed by atoms with E-state index in [-0.39, 0.29) is 11.9 Å². The highest BCUT2D eigenvalue weighted by molar-refractivity contribution is 5.20. The first-order valence-corrected chi connectivity index (χ1v) is 7.62. The molecule has 0 aliphatic carbocycles. The van der Waals surface area contributed by atoms with Crippen molar-refractivity contribution in [2.45, 2.75) is 18.9 Å². The zero-order chi connectivity index (χ0) is 13.8. The molecule has 2 heterocycles. The van der Waals surface area contributed by atoms with E-state index in [1.54, 1.807) is 6.07 Å². The molecular formula is C16H23FN2O. The molecule has 3 nitrogen and oxygen atoms in total. The molecule has 2 saturated heterocycles. The maximum atomic E-state index is 13.9. The number of hydrogen-bond acceptors (Lipinski definition) is 3. The van der Waals surface area contributed by atoms with Crippen molar-refractivity contribution in [2.75, 3.05) is 39.3 Å². The molecule has 1 atom stereocenters. The van der Waals surface area contributed by atoms with Crippen molar-refractivity contribution in [3.8, 4) is 0 Å². The highest BCUT2D eigenvalue weighted by atomic mass is 19.1. The van der Waals surface area contributed by atoms with Gasteiger partial charge in [0.2, 0.25) is 0 Å². The van der Waals surface area contributed by atoms with Crippen LogP contribution in [0.4, 0.5) is 4.39 Å². The van der Waals surface area contributed by atoms with Crippen molar-refractivity contribution < 1.29 is 9.13 Å². The molecule has 1 N–H and O–H groups in total. The van der Waals surface area contributed by atoms with Crippen molar-refractivity contribution >= 4 is 0 Å². The maximum absolute atomic E-state index is 13.9. The van der Waals surface area contributed by atoms with E-state index in [9.17, 15) is 4.39 Å². The average Bonchev–Trinajstić information content (AvgIpc) is 2.49. The largest absolute Gasteiger partial charge is 0.371 e. The van der Waals surface area contributed by atoms with E-state index in [4.69, 9.17) is 4.74 Å². The minimum absolute atomic E-state index is 0.119. The van der Waals surface area contributed by atoms with Crippen molar-refractivity contribution in [3.05, 3.63) is 35.6 Å². The van der Waals surface area contributed by atoms with Gasteiger partial charge in [0.25, 0.3) is 0 Å². The summed E-state index contributed by atoms with van der Waals surface area (Å²) in [6, 6.07) is 6.97. The number of benzene rings is 1. The van der Waals surface area contributed by atoms with E-state index in [1.807, 2.05) is 12.1 Å². The lowest BCUT2D eigenvalue weighted by Gasteiger charge is -2.36. The third-order valence-corrected chi connectivity index (χ3v) is 4.38. The fraction of sp³-hybridized carbons (Fsp3) is 0.625. The van der Waals surface area contributed by atoms with Crippen LogP contribution < -0.4 is 5.32 Å². The molecule has 0 aromatic heterocycles. The van der Waals surface area contributed by atoms with Crippen LogP contribution in [0.3, 0.4) is 0 Å². The van der Waals surface area contributed by atoms with Gasteiger partial charge in [0.15, 0.2) is 0 Å². The normalized spacial score (nSPS) is 25.8. The Morgan fingerprint density at radius 1 is 1.25 bits per heavy atom. The summed E-state index contributed by atoms with van der Waals surface area (Å²) in [6.07, 6.45) is 2.38. The molecule has 2 aliphatic heterocycles. The summed E-state index contributed by atoms with van der Waals surface area (Å²) in [7, 11) is 0. The smallest absolute Gasteiger partial charge is 0.129 e. The Labute approximate surface area is 120 Å². The number of halogens is 1. The van der Waals surface area contributed by atoms with Gasteiger partial charge in [-0.3, -0.25) is 4.90 Å². The molecule has 1 aromatic rings. The summed E-state index contributed by atoms with van der Waals surface area (Å²) in [5, 5.41) is 3.40. The van der Waals surface area contributed by atoms with Gasteiger partial charge in [-0.05, 0) is 37.9 Å². The van der Waals surface area contributed by atoms with Crippen LogP contribution in [0.2, 0.25) is 0 Å². The minimum Gasteiger partial charge on any atom is -0.371 e. The van der Waals surface area contributed by atoms with Crippen LogP contribution in [0.1, 0.15) is 24.5 Å². The third kappa shape index (κ3) is 3.37. The zero-order valence-corrected chi connectivity index (χ0v) is 11.9. The molecule has 3 rings (SSSR count). The van der Waals surface area contributed by atoms with Gasteiger partial charge >= 0.3 is 0 Å². The van der Waals surface area contributed by atoms with E-state index < -0.39 is 0 Å². The summed E-state index contributed by atoms with van der Waals surface area (Å²) in [6.45, 7) is 5.86. The Morgan fingerprint density at radius 2 is 2.05 bits per heavy atom. The standard InChI is InChI=1S/C16H23FN2O/c17-15-4-2-1-3-14(15)16-12-19(9-10-20-16)11-13-5-7-18-8-6-13/h1-4,13,16,18H,5-12H2. The molecule has 1 unspecified atom stereocenters. The first-order chi connectivity index (χ1) is 9.83. The van der Waals surface area contributed by atoms with Crippen LogP contribution in [-0.4, -0.2) is 44.2 Å². The molecule has 0 amide bonds. The van der Waals surface area contributed by atoms with Crippen molar-refractivity contribution in [3.63, 3.8) is 0 Å². The summed E-state index contributed by atoms with van der Waals surface area (Å²) in [5.41, 5.74) is 0.697. The number of ether oxygens (including phenoxy) is 1. The Bertz CT molecular complexity index is 434. The second-order valence-corrected chi connectivity index (χ2v) is 5.83. The molecule has 0 bridgehead atoms. The second-order valence-electron chi connectivity index (χ2n) is 5.83. The van der Waals surface area contributed by atoms with E-state index >= 15 is 0 Å². The first kappa shape index (κ1) is 14.0. The Kier molecular flexibility index (Phi) is 4.65. The van der Waals surface area contributed by atoms with Crippen LogP contribution in [-0.2, 0) is 4.74 Å². The van der Waals surface area contributed by atoms with E-state index in [0.717, 1.165) is 38.6 Å². The average molecular weight is 278 g/mol. The third-order valence-electron chi connectivity index (χ3n) is 4.38. The summed E-state index contributed by atoms with van der Waals surface area (Å²) < 4.78 is 19.6. The molecule has 0 saturated carbocycles. The van der Waals surface area contributed by atoms with Gasteiger partial charge < -0.3 is 10.1 Å². The number of hydrogen-bond donors (Lipinski definition) is 1. The van der Waals surface area contributed by atoms with E-state index in [0.29, 0.717) is 12.2 Å². The monoisotopic (exact) mass is 278 g/mol. The van der Waals surface area contributed by atoms with Gasteiger partial charge in [-0.15, -0.1) is 0 Å². The molecule has 110 valence electrons. The van der Waals surface area contributed by atoms with Gasteiger partial charge in [-0.25, -0.2) is 4.39 Å². The molecule has 2 aliphatic rings. The number of nitrogens with zero attached hydrogens (tertiary/aromatic N) is 1. The number of nitrogens with one attached hydrogen (secondary N) is 1. The van der Waals surface area contributed by atoms with Crippen LogP contribution in [0.5, 0.6) is 0 Å². The first-order valence-electron chi connectivity index (χ1n) is 7.62. The minimum atomic E-state index is -0.152. The fourth-order valence-corrected chi connectivity index (χ4v) is 3.22. The van der Waals surface area contributed by atoms with Crippen LogP contribution in [0, 0.1) is 11.7 Å². The summed E-state index contributed by atoms with van der Waals surface area (Å²) in [4.78, 5) is 2.44. The highest BCUT2D eigenvalue weighted by Gasteiger charge is 2.26. The number of morpholine rings is 1. The maximum Gasteiger partial charge on any atom is 0.129 e. The molecule has 2 fully saturated rings. The lowest BCUT2D eigenvalue weighted by molar-refractivity contribution is -0.0371. The topological polar surface area (TPSA) is 24.5 Å². The predicted octanol–water partition coefficient (Wildman–Crippen LogP) is 2.20. The molecule has 0 spiro atoms. The Balaban J connectivity index is 1.60. The molecule has 1 aromatic carbocycles. The van der Waals surface area contributed by atoms with Crippen LogP contribution >= 0.6 is 0 Å². The van der Waals surface area contributed by atoms with Gasteiger partial charge in [0, 0.05) is 25.2 Å². The molecule has 20 heavy (non-hydrogen) atoms. The highest BCUT2D eigenvalue weighted by Crippen LogP contribution is 2.25. The van der Waals surface area contributed by atoms with Gasteiger partial charge in [0.1, 0.15) is 5.82 Å². The second kappa shape index (κ2) is 6.66. The summed E-state index contributed by atoms with van der Waals surface area (Å²) in [5.74, 6) is 0.622. The van der Waals surface area contributed by atoms with E-state index in [1.165, 1.54) is 18.9 Å². The summed E-state index contributed by atoms with van der Waals surface area (Å²) >= 11 is 0. The lowest BCUT2D eigenvalue weighted by Crippen LogP contribution is -2.43. The van der Waals surface area contributed by atoms with Gasteiger partial charge in [-0.2, -0.15) is 0 Å². The van der Waals surface area contributed by atoms with Crippen molar-refractivity contribution in [1.82, 2.24) is 10.2 Å². The van der Waals surface area contributed by atoms with Crippen molar-refractivity contribution in [1.29, 1.82) is 0 Å². The fourth-order valence-electron chi connectivity index (χ4n) is 3.22.